The Bertz CT molecular complexity index is 550. The third-order valence-corrected chi connectivity index (χ3v) is 2.49. The van der Waals surface area contributed by atoms with Gasteiger partial charge in [-0.3, -0.25) is 9.48 Å². The van der Waals surface area contributed by atoms with Crippen LogP contribution in [0.2, 0.25) is 0 Å². The minimum atomic E-state index is 0.00820. The first-order valence-corrected chi connectivity index (χ1v) is 5.43. The molecule has 1 aromatic heterocycles. The van der Waals surface area contributed by atoms with Crippen LogP contribution in [0, 0.1) is 6.92 Å². The lowest BCUT2D eigenvalue weighted by Crippen LogP contribution is -1.93. The van der Waals surface area contributed by atoms with Crippen molar-refractivity contribution in [2.24, 2.45) is 7.05 Å². The van der Waals surface area contributed by atoms with Crippen molar-refractivity contribution in [1.82, 2.24) is 9.78 Å². The highest BCUT2D eigenvalue weighted by Gasteiger charge is 2.00. The molecule has 0 saturated carbocycles. The molecule has 0 saturated heterocycles. The molecule has 0 aliphatic rings. The molecule has 2 rings (SSSR count). The van der Waals surface area contributed by atoms with E-state index in [1.54, 1.807) is 23.0 Å². The Labute approximate surface area is 100 Å². The van der Waals surface area contributed by atoms with Crippen LogP contribution in [0.5, 0.6) is 0 Å². The minimum absolute atomic E-state index is 0.00820. The molecule has 0 amide bonds. The van der Waals surface area contributed by atoms with Gasteiger partial charge in [-0.05, 0) is 19.1 Å². The van der Waals surface area contributed by atoms with Gasteiger partial charge < -0.3 is 0 Å². The summed E-state index contributed by atoms with van der Waals surface area (Å²) in [6.45, 7) is 2.00. The van der Waals surface area contributed by atoms with E-state index in [1.807, 2.05) is 44.4 Å². The van der Waals surface area contributed by atoms with Crippen molar-refractivity contribution in [3.05, 3.63) is 59.4 Å². The molecule has 0 radical (unpaired) electrons. The molecule has 0 unspecified atom stereocenters. The van der Waals surface area contributed by atoms with E-state index in [4.69, 9.17) is 0 Å². The average Bonchev–Trinajstić information content (AvgIpc) is 2.73. The van der Waals surface area contributed by atoms with E-state index < -0.39 is 0 Å². The molecule has 3 heteroatoms. The Morgan fingerprint density at radius 3 is 2.59 bits per heavy atom. The standard InChI is InChI=1S/C14H14N2O/c1-11-3-6-13(7-4-11)14(17)8-5-12-9-15-16(2)10-12/h3-10H,1-2H3. The number of allylic oxidation sites excluding steroid dienone is 1. The molecule has 86 valence electrons. The number of aryl methyl sites for hydroxylation is 2. The minimum Gasteiger partial charge on any atom is -0.289 e. The van der Waals surface area contributed by atoms with E-state index in [2.05, 4.69) is 5.10 Å². The van der Waals surface area contributed by atoms with Gasteiger partial charge in [-0.15, -0.1) is 0 Å². The van der Waals surface area contributed by atoms with E-state index in [9.17, 15) is 4.79 Å². The van der Waals surface area contributed by atoms with E-state index in [1.165, 1.54) is 0 Å². The fraction of sp³-hybridized carbons (Fsp3) is 0.143. The second kappa shape index (κ2) is 4.78. The van der Waals surface area contributed by atoms with Crippen LogP contribution in [0.3, 0.4) is 0 Å². The largest absolute Gasteiger partial charge is 0.289 e. The Kier molecular flexibility index (Phi) is 3.19. The fourth-order valence-electron chi connectivity index (χ4n) is 1.51. The normalized spacial score (nSPS) is 10.9. The predicted octanol–water partition coefficient (Wildman–Crippen LogP) is 2.62. The van der Waals surface area contributed by atoms with Crippen molar-refractivity contribution in [2.75, 3.05) is 0 Å². The number of hydrogen-bond acceptors (Lipinski definition) is 2. The van der Waals surface area contributed by atoms with Crippen LogP contribution >= 0.6 is 0 Å². The molecule has 1 aromatic carbocycles. The molecule has 2 aromatic rings. The van der Waals surface area contributed by atoms with Crippen LogP contribution in [-0.2, 0) is 7.05 Å². The number of hydrogen-bond donors (Lipinski definition) is 0. The number of benzene rings is 1. The molecule has 0 spiro atoms. The third-order valence-electron chi connectivity index (χ3n) is 2.49. The smallest absolute Gasteiger partial charge is 0.185 e. The molecular weight excluding hydrogens is 212 g/mol. The average molecular weight is 226 g/mol. The zero-order chi connectivity index (χ0) is 12.3. The monoisotopic (exact) mass is 226 g/mol. The molecule has 0 N–H and O–H groups in total. The van der Waals surface area contributed by atoms with Crippen molar-refractivity contribution >= 4 is 11.9 Å². The summed E-state index contributed by atoms with van der Waals surface area (Å²) in [5.74, 6) is 0.00820. The zero-order valence-corrected chi connectivity index (χ0v) is 9.92. The highest BCUT2D eigenvalue weighted by molar-refractivity contribution is 6.06. The van der Waals surface area contributed by atoms with Gasteiger partial charge in [-0.2, -0.15) is 5.10 Å². The first-order valence-electron chi connectivity index (χ1n) is 5.43. The van der Waals surface area contributed by atoms with Gasteiger partial charge in [-0.1, -0.05) is 29.8 Å². The summed E-state index contributed by atoms with van der Waals surface area (Å²) in [7, 11) is 1.85. The van der Waals surface area contributed by atoms with Gasteiger partial charge in [0.15, 0.2) is 5.78 Å². The summed E-state index contributed by atoms with van der Waals surface area (Å²) in [5, 5.41) is 4.03. The van der Waals surface area contributed by atoms with Crippen molar-refractivity contribution in [1.29, 1.82) is 0 Å². The maximum atomic E-state index is 11.8. The van der Waals surface area contributed by atoms with Crippen LogP contribution in [0.15, 0.2) is 42.7 Å². The van der Waals surface area contributed by atoms with Gasteiger partial charge in [0.1, 0.15) is 0 Å². The highest BCUT2D eigenvalue weighted by Crippen LogP contribution is 2.06. The number of rotatable bonds is 3. The first-order chi connectivity index (χ1) is 8.15. The molecule has 0 atom stereocenters. The summed E-state index contributed by atoms with van der Waals surface area (Å²) in [6, 6.07) is 7.55. The lowest BCUT2D eigenvalue weighted by Gasteiger charge is -1.96. The number of ketones is 1. The van der Waals surface area contributed by atoms with Gasteiger partial charge >= 0.3 is 0 Å². The molecule has 0 bridgehead atoms. The van der Waals surface area contributed by atoms with Crippen molar-refractivity contribution in [3.63, 3.8) is 0 Å². The second-order valence-corrected chi connectivity index (χ2v) is 4.01. The van der Waals surface area contributed by atoms with Crippen LogP contribution in [-0.4, -0.2) is 15.6 Å². The van der Waals surface area contributed by atoms with Crippen LogP contribution in [0.1, 0.15) is 21.5 Å². The Morgan fingerprint density at radius 2 is 2.00 bits per heavy atom. The molecule has 17 heavy (non-hydrogen) atoms. The summed E-state index contributed by atoms with van der Waals surface area (Å²) >= 11 is 0. The number of carbonyl (C=O) groups excluding carboxylic acids is 1. The lowest BCUT2D eigenvalue weighted by molar-refractivity contribution is 0.104. The first kappa shape index (κ1) is 11.3. The van der Waals surface area contributed by atoms with E-state index in [0.29, 0.717) is 5.56 Å². The fourth-order valence-corrected chi connectivity index (χ4v) is 1.51. The number of aromatic nitrogens is 2. The van der Waals surface area contributed by atoms with E-state index in [-0.39, 0.29) is 5.78 Å². The van der Waals surface area contributed by atoms with Crippen LogP contribution < -0.4 is 0 Å². The van der Waals surface area contributed by atoms with E-state index in [0.717, 1.165) is 11.1 Å². The van der Waals surface area contributed by atoms with Gasteiger partial charge in [0.05, 0.1) is 6.20 Å². The summed E-state index contributed by atoms with van der Waals surface area (Å²) < 4.78 is 1.70. The molecule has 3 nitrogen and oxygen atoms in total. The molecule has 1 heterocycles. The van der Waals surface area contributed by atoms with Gasteiger partial charge in [-0.25, -0.2) is 0 Å². The number of carbonyl (C=O) groups is 1. The van der Waals surface area contributed by atoms with E-state index >= 15 is 0 Å². The van der Waals surface area contributed by atoms with Crippen molar-refractivity contribution < 1.29 is 4.79 Å². The number of nitrogens with zero attached hydrogens (tertiary/aromatic N) is 2. The van der Waals surface area contributed by atoms with Crippen molar-refractivity contribution in [3.8, 4) is 0 Å². The van der Waals surface area contributed by atoms with Gasteiger partial charge in [0, 0.05) is 24.4 Å². The topological polar surface area (TPSA) is 34.9 Å². The van der Waals surface area contributed by atoms with Gasteiger partial charge in [0.2, 0.25) is 0 Å². The molecule has 0 aliphatic heterocycles. The van der Waals surface area contributed by atoms with Crippen LogP contribution in [0.4, 0.5) is 0 Å². The maximum absolute atomic E-state index is 11.8. The predicted molar refractivity (Wildman–Crippen MR) is 67.8 cm³/mol. The van der Waals surface area contributed by atoms with Crippen molar-refractivity contribution in [2.45, 2.75) is 6.92 Å². The second-order valence-electron chi connectivity index (χ2n) is 4.01. The summed E-state index contributed by atoms with van der Waals surface area (Å²) in [6.07, 6.45) is 6.93. The molecule has 0 fully saturated rings. The Balaban J connectivity index is 2.11. The Hall–Kier alpha value is -2.16. The lowest BCUT2D eigenvalue weighted by atomic mass is 10.1. The maximum Gasteiger partial charge on any atom is 0.185 e. The molecule has 0 aliphatic carbocycles. The third kappa shape index (κ3) is 2.91. The van der Waals surface area contributed by atoms with Gasteiger partial charge in [0.25, 0.3) is 0 Å². The zero-order valence-electron chi connectivity index (χ0n) is 9.92. The Morgan fingerprint density at radius 1 is 1.29 bits per heavy atom. The molecular formula is C14H14N2O. The highest BCUT2D eigenvalue weighted by atomic mass is 16.1. The SMILES string of the molecule is Cc1ccc(C(=O)C=Cc2cnn(C)c2)cc1. The van der Waals surface area contributed by atoms with Crippen LogP contribution in [0.25, 0.3) is 6.08 Å². The summed E-state index contributed by atoms with van der Waals surface area (Å²) in [4.78, 5) is 11.8. The summed E-state index contributed by atoms with van der Waals surface area (Å²) in [5.41, 5.74) is 2.78. The quantitative estimate of drug-likeness (QED) is 0.595.